The van der Waals surface area contributed by atoms with Crippen LogP contribution in [-0.2, 0) is 19.6 Å². The van der Waals surface area contributed by atoms with Crippen LogP contribution in [0, 0.1) is 0 Å². The van der Waals surface area contributed by atoms with Crippen molar-refractivity contribution in [2.24, 2.45) is 0 Å². The second-order valence-corrected chi connectivity index (χ2v) is 9.45. The summed E-state index contributed by atoms with van der Waals surface area (Å²) in [7, 11) is 1.61. The molecule has 6 rings (SSSR count). The predicted octanol–water partition coefficient (Wildman–Crippen LogP) is 5.79. The maximum absolute atomic E-state index is 13.5. The number of ether oxygens (including phenoxy) is 1. The number of imidazole rings is 1. The Bertz CT molecular complexity index is 1790. The van der Waals surface area contributed by atoms with Gasteiger partial charge in [-0.05, 0) is 41.6 Å². The summed E-state index contributed by atoms with van der Waals surface area (Å²) in [5.74, 6) is 0.574. The van der Waals surface area contributed by atoms with Gasteiger partial charge in [-0.15, -0.1) is 0 Å². The summed E-state index contributed by atoms with van der Waals surface area (Å²) in [6.45, 7) is 2.74. The molecule has 0 radical (unpaired) electrons. The lowest BCUT2D eigenvalue weighted by Crippen LogP contribution is -2.27. The Hall–Kier alpha value is -4.49. The number of fused-ring (bicyclic) bond motifs is 4. The van der Waals surface area contributed by atoms with Gasteiger partial charge >= 0.3 is 0 Å². The normalized spacial score (nSPS) is 11.6. The highest BCUT2D eigenvalue weighted by Gasteiger charge is 2.15. The molecule has 0 aliphatic rings. The van der Waals surface area contributed by atoms with E-state index in [1.54, 1.807) is 19.6 Å². The van der Waals surface area contributed by atoms with Crippen LogP contribution in [-0.4, -0.2) is 33.1 Å². The second-order valence-electron chi connectivity index (χ2n) is 9.45. The number of aryl methyl sites for hydroxylation is 1. The molecule has 7 nitrogen and oxygen atoms in total. The average Bonchev–Trinajstić information content (AvgIpc) is 3.37. The molecule has 0 amide bonds. The van der Waals surface area contributed by atoms with Crippen LogP contribution >= 0.6 is 0 Å². The molecule has 0 bridgehead atoms. The molecule has 7 heteroatoms. The molecular formula is C31H28N4O3. The van der Waals surface area contributed by atoms with Gasteiger partial charge in [-0.3, -0.25) is 9.69 Å². The van der Waals surface area contributed by atoms with Crippen molar-refractivity contribution in [3.8, 4) is 5.88 Å². The highest BCUT2D eigenvalue weighted by atomic mass is 16.5. The fourth-order valence-corrected chi connectivity index (χ4v) is 5.04. The van der Waals surface area contributed by atoms with Gasteiger partial charge in [0.05, 0.1) is 36.1 Å². The van der Waals surface area contributed by atoms with Crippen molar-refractivity contribution in [3.63, 3.8) is 0 Å². The smallest absolute Gasteiger partial charge is 0.213 e. The van der Waals surface area contributed by atoms with E-state index in [9.17, 15) is 4.79 Å². The van der Waals surface area contributed by atoms with Gasteiger partial charge in [0.1, 0.15) is 5.58 Å². The van der Waals surface area contributed by atoms with Gasteiger partial charge < -0.3 is 13.7 Å². The van der Waals surface area contributed by atoms with Crippen molar-refractivity contribution in [2.45, 2.75) is 26.1 Å². The molecule has 0 atom stereocenters. The van der Waals surface area contributed by atoms with E-state index < -0.39 is 0 Å². The lowest BCUT2D eigenvalue weighted by molar-refractivity contribution is 0.246. The first-order chi connectivity index (χ1) is 18.7. The average molecular weight is 505 g/mol. The van der Waals surface area contributed by atoms with E-state index in [-0.39, 0.29) is 5.43 Å². The Balaban J connectivity index is 1.27. The molecule has 0 saturated carbocycles. The Morgan fingerprint density at radius 2 is 1.82 bits per heavy atom. The van der Waals surface area contributed by atoms with E-state index in [4.69, 9.17) is 9.15 Å². The first kappa shape index (κ1) is 23.9. The number of benzene rings is 3. The minimum Gasteiger partial charge on any atom is -0.481 e. The van der Waals surface area contributed by atoms with Crippen LogP contribution in [0.2, 0.25) is 0 Å². The van der Waals surface area contributed by atoms with Gasteiger partial charge in [0.25, 0.3) is 0 Å². The highest BCUT2D eigenvalue weighted by Crippen LogP contribution is 2.24. The van der Waals surface area contributed by atoms with E-state index in [0.29, 0.717) is 35.5 Å². The SMILES string of the molecule is COc1cc(CN(CCCn2cnc3ccccc32)Cc2coc3c(ccc4ccccc43)c2=O)ccn1. The summed E-state index contributed by atoms with van der Waals surface area (Å²) in [5, 5.41) is 2.61. The fourth-order valence-electron chi connectivity index (χ4n) is 5.04. The third-order valence-corrected chi connectivity index (χ3v) is 6.94. The minimum atomic E-state index is 0.00918. The van der Waals surface area contributed by atoms with Crippen LogP contribution in [0.25, 0.3) is 32.8 Å². The van der Waals surface area contributed by atoms with Crippen molar-refractivity contribution < 1.29 is 9.15 Å². The van der Waals surface area contributed by atoms with Gasteiger partial charge in [0.15, 0.2) is 5.43 Å². The number of rotatable bonds is 9. The van der Waals surface area contributed by atoms with Crippen LogP contribution in [0.1, 0.15) is 17.5 Å². The van der Waals surface area contributed by atoms with Crippen molar-refractivity contribution in [1.29, 1.82) is 0 Å². The second kappa shape index (κ2) is 10.5. The molecule has 0 fully saturated rings. The zero-order chi connectivity index (χ0) is 25.9. The van der Waals surface area contributed by atoms with Crippen molar-refractivity contribution in [2.75, 3.05) is 13.7 Å². The molecule has 0 aliphatic heterocycles. The molecule has 3 aromatic heterocycles. The molecular weight excluding hydrogens is 476 g/mol. The van der Waals surface area contributed by atoms with E-state index >= 15 is 0 Å². The van der Waals surface area contributed by atoms with E-state index in [1.807, 2.05) is 73.1 Å². The van der Waals surface area contributed by atoms with E-state index in [0.717, 1.165) is 46.9 Å². The van der Waals surface area contributed by atoms with Crippen molar-refractivity contribution >= 4 is 32.8 Å². The van der Waals surface area contributed by atoms with E-state index in [1.165, 1.54) is 0 Å². The lowest BCUT2D eigenvalue weighted by atomic mass is 10.1. The first-order valence-electron chi connectivity index (χ1n) is 12.7. The number of aromatic nitrogens is 3. The number of para-hydroxylation sites is 2. The van der Waals surface area contributed by atoms with Gasteiger partial charge in [-0.2, -0.15) is 0 Å². The number of pyridine rings is 1. The van der Waals surface area contributed by atoms with Crippen LogP contribution < -0.4 is 10.2 Å². The van der Waals surface area contributed by atoms with E-state index in [2.05, 4.69) is 25.5 Å². The summed E-state index contributed by atoms with van der Waals surface area (Å²) in [5.41, 5.74) is 4.47. The molecule has 0 N–H and O–H groups in total. The Labute approximate surface area is 219 Å². The molecule has 3 heterocycles. The highest BCUT2D eigenvalue weighted by molar-refractivity contribution is 6.03. The Morgan fingerprint density at radius 3 is 2.74 bits per heavy atom. The lowest BCUT2D eigenvalue weighted by Gasteiger charge is -2.22. The number of hydrogen-bond donors (Lipinski definition) is 0. The quantitative estimate of drug-likeness (QED) is 0.232. The standard InChI is InChI=1S/C31H28N4O3/c1-37-29-17-22(13-14-32-29)18-34(15-6-16-35-21-33-27-9-4-5-10-28(27)35)19-24-20-38-31-25-8-3-2-7-23(25)11-12-26(31)30(24)36/h2-5,7-14,17,20-21H,6,15-16,18-19H2,1H3. The van der Waals surface area contributed by atoms with Crippen molar-refractivity contribution in [3.05, 3.63) is 113 Å². The van der Waals surface area contributed by atoms with Gasteiger partial charge in [-0.1, -0.05) is 42.5 Å². The molecule has 190 valence electrons. The molecule has 3 aromatic carbocycles. The van der Waals surface area contributed by atoms with Crippen LogP contribution in [0.3, 0.4) is 0 Å². The largest absolute Gasteiger partial charge is 0.481 e. The number of hydrogen-bond acceptors (Lipinski definition) is 6. The third-order valence-electron chi connectivity index (χ3n) is 6.94. The molecule has 38 heavy (non-hydrogen) atoms. The molecule has 0 spiro atoms. The maximum atomic E-state index is 13.5. The minimum absolute atomic E-state index is 0.00918. The zero-order valence-corrected chi connectivity index (χ0v) is 21.2. The predicted molar refractivity (Wildman–Crippen MR) is 149 cm³/mol. The Kier molecular flexibility index (Phi) is 6.58. The summed E-state index contributed by atoms with van der Waals surface area (Å²) < 4.78 is 13.6. The maximum Gasteiger partial charge on any atom is 0.213 e. The molecule has 0 aliphatic carbocycles. The molecule has 0 unspecified atom stereocenters. The summed E-state index contributed by atoms with van der Waals surface area (Å²) in [6.07, 6.45) is 6.16. The Morgan fingerprint density at radius 1 is 0.947 bits per heavy atom. The summed E-state index contributed by atoms with van der Waals surface area (Å²) in [4.78, 5) is 24.5. The summed E-state index contributed by atoms with van der Waals surface area (Å²) in [6, 6.07) is 23.9. The topological polar surface area (TPSA) is 73.4 Å². The van der Waals surface area contributed by atoms with Gasteiger partial charge in [0, 0.05) is 49.4 Å². The molecule has 6 aromatic rings. The van der Waals surface area contributed by atoms with Crippen LogP contribution in [0.5, 0.6) is 5.88 Å². The third kappa shape index (κ3) is 4.76. The van der Waals surface area contributed by atoms with Gasteiger partial charge in [0.2, 0.25) is 5.88 Å². The van der Waals surface area contributed by atoms with Crippen LogP contribution in [0.4, 0.5) is 0 Å². The first-order valence-corrected chi connectivity index (χ1v) is 12.7. The zero-order valence-electron chi connectivity index (χ0n) is 21.2. The monoisotopic (exact) mass is 504 g/mol. The van der Waals surface area contributed by atoms with Crippen molar-refractivity contribution in [1.82, 2.24) is 19.4 Å². The van der Waals surface area contributed by atoms with Gasteiger partial charge in [-0.25, -0.2) is 9.97 Å². The van der Waals surface area contributed by atoms with Crippen LogP contribution in [0.15, 0.2) is 101 Å². The molecule has 0 saturated heterocycles. The number of methoxy groups -OCH3 is 1. The number of nitrogens with zero attached hydrogens (tertiary/aromatic N) is 4. The fraction of sp³-hybridized carbons (Fsp3) is 0.194. The summed E-state index contributed by atoms with van der Waals surface area (Å²) >= 11 is 0.